The molecule has 2 N–H and O–H groups in total. The highest BCUT2D eigenvalue weighted by molar-refractivity contribution is 7.92. The number of nitrogens with zero attached hydrogens (tertiary/aromatic N) is 2. The van der Waals surface area contributed by atoms with E-state index >= 15 is 0 Å². The van der Waals surface area contributed by atoms with Crippen molar-refractivity contribution in [3.05, 3.63) is 70.9 Å². The van der Waals surface area contributed by atoms with Gasteiger partial charge in [0, 0.05) is 11.3 Å². The number of hydrogen-bond donors (Lipinski definition) is 2. The van der Waals surface area contributed by atoms with Gasteiger partial charge in [-0.2, -0.15) is 0 Å². The number of sulfonamides is 1. The number of hydrogen-bond acceptors (Lipinski definition) is 5. The number of anilines is 1. The number of nitrogens with one attached hydrogen (secondary N) is 1. The van der Waals surface area contributed by atoms with Gasteiger partial charge in [-0.05, 0) is 56.2 Å². The maximum absolute atomic E-state index is 12.7. The molecule has 0 atom stereocenters. The van der Waals surface area contributed by atoms with Crippen LogP contribution in [0.15, 0.2) is 53.4 Å². The van der Waals surface area contributed by atoms with Crippen LogP contribution in [0.25, 0.3) is 11.3 Å². The lowest BCUT2D eigenvalue weighted by atomic mass is 9.99. The Morgan fingerprint density at radius 3 is 2.25 bits per heavy atom. The first-order valence-corrected chi connectivity index (χ1v) is 9.94. The fourth-order valence-corrected chi connectivity index (χ4v) is 3.93. The van der Waals surface area contributed by atoms with Crippen LogP contribution in [-0.4, -0.2) is 29.5 Å². The van der Waals surface area contributed by atoms with Gasteiger partial charge in [0.2, 0.25) is 5.95 Å². The van der Waals surface area contributed by atoms with Crippen molar-refractivity contribution >= 4 is 21.9 Å². The predicted molar refractivity (Wildman–Crippen MR) is 106 cm³/mol. The molecule has 8 heteroatoms. The normalized spacial score (nSPS) is 11.2. The average molecular weight is 397 g/mol. The molecule has 0 spiro atoms. The molecule has 7 nitrogen and oxygen atoms in total. The molecule has 144 valence electrons. The van der Waals surface area contributed by atoms with Gasteiger partial charge in [-0.1, -0.05) is 24.3 Å². The van der Waals surface area contributed by atoms with E-state index in [1.165, 1.54) is 18.2 Å². The topological polar surface area (TPSA) is 109 Å². The molecule has 1 aromatic heterocycles. The summed E-state index contributed by atoms with van der Waals surface area (Å²) in [5.74, 6) is -1.28. The third kappa shape index (κ3) is 4.01. The fourth-order valence-electron chi connectivity index (χ4n) is 2.94. The monoisotopic (exact) mass is 397 g/mol. The molecule has 1 heterocycles. The third-order valence-corrected chi connectivity index (χ3v) is 5.53. The maximum atomic E-state index is 12.7. The minimum atomic E-state index is -4.04. The van der Waals surface area contributed by atoms with E-state index in [-0.39, 0.29) is 16.4 Å². The van der Waals surface area contributed by atoms with Gasteiger partial charge in [0.1, 0.15) is 0 Å². The third-order valence-electron chi connectivity index (χ3n) is 4.21. The second-order valence-electron chi connectivity index (χ2n) is 6.42. The van der Waals surface area contributed by atoms with Gasteiger partial charge in [0.05, 0.1) is 16.2 Å². The standard InChI is InChI=1S/C20H19N3O4S/c1-12-6-4-7-13(2)18(12)17-10-14(3)21-20(22-17)23-28(26,27)16-9-5-8-15(11-16)19(24)25/h4-11H,1-3H3,(H,24,25)(H,21,22,23). The molecule has 0 aliphatic carbocycles. The highest BCUT2D eigenvalue weighted by Gasteiger charge is 2.19. The molecule has 0 fully saturated rings. The van der Waals surface area contributed by atoms with Crippen molar-refractivity contribution in [3.63, 3.8) is 0 Å². The Bertz CT molecular complexity index is 1150. The van der Waals surface area contributed by atoms with Gasteiger partial charge in [0.15, 0.2) is 0 Å². The lowest BCUT2D eigenvalue weighted by molar-refractivity contribution is 0.0696. The van der Waals surface area contributed by atoms with Crippen molar-refractivity contribution in [2.24, 2.45) is 0 Å². The molecule has 0 radical (unpaired) electrons. The van der Waals surface area contributed by atoms with Gasteiger partial charge >= 0.3 is 5.97 Å². The Morgan fingerprint density at radius 2 is 1.61 bits per heavy atom. The van der Waals surface area contributed by atoms with Gasteiger partial charge in [-0.15, -0.1) is 0 Å². The second kappa shape index (κ2) is 7.40. The summed E-state index contributed by atoms with van der Waals surface area (Å²) in [4.78, 5) is 19.5. The molecule has 0 saturated carbocycles. The Balaban J connectivity index is 2.02. The van der Waals surface area contributed by atoms with Crippen LogP contribution in [0.3, 0.4) is 0 Å². The Kier molecular flexibility index (Phi) is 5.15. The summed E-state index contributed by atoms with van der Waals surface area (Å²) in [7, 11) is -4.04. The van der Waals surface area contributed by atoms with Crippen molar-refractivity contribution in [3.8, 4) is 11.3 Å². The molecule has 28 heavy (non-hydrogen) atoms. The molecule has 3 aromatic rings. The van der Waals surface area contributed by atoms with Gasteiger partial charge in [0.25, 0.3) is 10.0 Å². The van der Waals surface area contributed by atoms with Gasteiger partial charge in [-0.25, -0.2) is 27.9 Å². The van der Waals surface area contributed by atoms with Crippen LogP contribution in [0.4, 0.5) is 5.95 Å². The van der Waals surface area contributed by atoms with Crippen LogP contribution < -0.4 is 4.72 Å². The van der Waals surface area contributed by atoms with E-state index in [1.807, 2.05) is 32.0 Å². The number of benzene rings is 2. The molecule has 0 unspecified atom stereocenters. The van der Waals surface area contributed by atoms with E-state index in [1.54, 1.807) is 13.0 Å². The number of aryl methyl sites for hydroxylation is 3. The summed E-state index contributed by atoms with van der Waals surface area (Å²) in [6, 6.07) is 12.8. The first-order chi connectivity index (χ1) is 13.2. The number of aromatic carboxylic acids is 1. The van der Waals surface area contributed by atoms with Crippen LogP contribution in [0.2, 0.25) is 0 Å². The molecule has 0 aliphatic heterocycles. The number of aromatic nitrogens is 2. The summed E-state index contributed by atoms with van der Waals surface area (Å²) in [5.41, 5.74) is 4.04. The maximum Gasteiger partial charge on any atom is 0.335 e. The minimum absolute atomic E-state index is 0.0709. The molecule has 0 aliphatic rings. The van der Waals surface area contributed by atoms with Crippen molar-refractivity contribution in [2.45, 2.75) is 25.7 Å². The fraction of sp³-hybridized carbons (Fsp3) is 0.150. The lowest BCUT2D eigenvalue weighted by Crippen LogP contribution is -2.16. The number of carbonyl (C=O) groups is 1. The van der Waals surface area contributed by atoms with E-state index in [9.17, 15) is 13.2 Å². The predicted octanol–water partition coefficient (Wildman–Crippen LogP) is 3.57. The Hall–Kier alpha value is -3.26. The Labute approximate surface area is 163 Å². The number of rotatable bonds is 5. The number of carboxylic acid groups (broad SMARTS) is 1. The lowest BCUT2D eigenvalue weighted by Gasteiger charge is -2.12. The molecular formula is C20H19N3O4S. The van der Waals surface area contributed by atoms with Crippen LogP contribution in [-0.2, 0) is 10.0 Å². The van der Waals surface area contributed by atoms with Crippen LogP contribution >= 0.6 is 0 Å². The zero-order valence-corrected chi connectivity index (χ0v) is 16.4. The highest BCUT2D eigenvalue weighted by Crippen LogP contribution is 2.27. The largest absolute Gasteiger partial charge is 0.478 e. The Morgan fingerprint density at radius 1 is 0.964 bits per heavy atom. The smallest absolute Gasteiger partial charge is 0.335 e. The first-order valence-electron chi connectivity index (χ1n) is 8.46. The van der Waals surface area contributed by atoms with E-state index < -0.39 is 16.0 Å². The summed E-state index contributed by atoms with van der Waals surface area (Å²) < 4.78 is 27.7. The molecule has 0 amide bonds. The SMILES string of the molecule is Cc1cc(-c2c(C)cccc2C)nc(NS(=O)(=O)c2cccc(C(=O)O)c2)n1. The zero-order chi connectivity index (χ0) is 20.5. The van der Waals surface area contributed by atoms with Gasteiger partial charge < -0.3 is 5.11 Å². The highest BCUT2D eigenvalue weighted by atomic mass is 32.2. The summed E-state index contributed by atoms with van der Waals surface area (Å²) >= 11 is 0. The van der Waals surface area contributed by atoms with Crippen molar-refractivity contribution < 1.29 is 18.3 Å². The van der Waals surface area contributed by atoms with Gasteiger partial charge in [-0.3, -0.25) is 0 Å². The van der Waals surface area contributed by atoms with Crippen molar-refractivity contribution in [2.75, 3.05) is 4.72 Å². The van der Waals surface area contributed by atoms with Crippen molar-refractivity contribution in [1.82, 2.24) is 9.97 Å². The summed E-state index contributed by atoms with van der Waals surface area (Å²) in [5, 5.41) is 9.08. The summed E-state index contributed by atoms with van der Waals surface area (Å²) in [6.45, 7) is 5.67. The van der Waals surface area contributed by atoms with E-state index in [4.69, 9.17) is 5.11 Å². The van der Waals surface area contributed by atoms with E-state index in [0.717, 1.165) is 22.8 Å². The molecule has 3 rings (SSSR count). The summed E-state index contributed by atoms with van der Waals surface area (Å²) in [6.07, 6.45) is 0. The molecule has 2 aromatic carbocycles. The van der Waals surface area contributed by atoms with E-state index in [2.05, 4.69) is 14.7 Å². The van der Waals surface area contributed by atoms with Crippen LogP contribution in [0, 0.1) is 20.8 Å². The van der Waals surface area contributed by atoms with Crippen molar-refractivity contribution in [1.29, 1.82) is 0 Å². The second-order valence-corrected chi connectivity index (χ2v) is 8.11. The zero-order valence-electron chi connectivity index (χ0n) is 15.6. The quantitative estimate of drug-likeness (QED) is 0.681. The molecular weight excluding hydrogens is 378 g/mol. The molecule has 0 bridgehead atoms. The first kappa shape index (κ1) is 19.5. The van der Waals surface area contributed by atoms with E-state index in [0.29, 0.717) is 11.4 Å². The van der Waals surface area contributed by atoms with Crippen LogP contribution in [0.5, 0.6) is 0 Å². The number of carboxylic acids is 1. The average Bonchev–Trinajstić information content (AvgIpc) is 2.61. The molecule has 0 saturated heterocycles. The minimum Gasteiger partial charge on any atom is -0.478 e. The van der Waals surface area contributed by atoms with Crippen LogP contribution in [0.1, 0.15) is 27.2 Å².